The molecule has 3 aromatic rings. The highest BCUT2D eigenvalue weighted by atomic mass is 32.2. The zero-order valence-electron chi connectivity index (χ0n) is 15.6. The van der Waals surface area contributed by atoms with E-state index in [0.29, 0.717) is 16.4 Å². The van der Waals surface area contributed by atoms with Gasteiger partial charge in [-0.25, -0.2) is 4.79 Å². The molecule has 1 heterocycles. The van der Waals surface area contributed by atoms with E-state index in [1.165, 1.54) is 36.4 Å². The summed E-state index contributed by atoms with van der Waals surface area (Å²) in [6.07, 6.45) is 0. The molecule has 0 atom stereocenters. The van der Waals surface area contributed by atoms with Gasteiger partial charge >= 0.3 is 5.97 Å². The third-order valence-electron chi connectivity index (χ3n) is 3.85. The highest BCUT2D eigenvalue weighted by molar-refractivity contribution is 7.90. The molecule has 0 spiro atoms. The fraction of sp³-hybridized carbons (Fsp3) is 0.111. The number of benzene rings is 2. The summed E-state index contributed by atoms with van der Waals surface area (Å²) in [5, 5.41) is 14.4. The Morgan fingerprint density at radius 3 is 2.37 bits per heavy atom. The Kier molecular flexibility index (Phi) is 5.69. The molecule has 0 aliphatic heterocycles. The van der Waals surface area contributed by atoms with Gasteiger partial charge in [0.15, 0.2) is 0 Å². The fourth-order valence-electron chi connectivity index (χ4n) is 2.45. The molecule has 0 unspecified atom stereocenters. The lowest BCUT2D eigenvalue weighted by atomic mass is 10.2. The number of hydrogen-bond acceptors (Lipinski definition) is 9. The number of nitrogens with zero attached hydrogens (tertiary/aromatic N) is 3. The zero-order valence-corrected chi connectivity index (χ0v) is 16.4. The van der Waals surface area contributed by atoms with E-state index >= 15 is 0 Å². The van der Waals surface area contributed by atoms with Gasteiger partial charge in [-0.3, -0.25) is 10.1 Å². The van der Waals surface area contributed by atoms with E-state index in [9.17, 15) is 23.3 Å². The molecule has 0 fully saturated rings. The molecular formula is C18H16N4O7S. The van der Waals surface area contributed by atoms with Crippen molar-refractivity contribution in [3.63, 3.8) is 0 Å². The maximum Gasteiger partial charge on any atom is 0.344 e. The van der Waals surface area contributed by atoms with Crippen molar-refractivity contribution in [1.82, 2.24) is 9.19 Å². The Hall–Kier alpha value is -3.93. The second-order valence-corrected chi connectivity index (χ2v) is 7.62. The van der Waals surface area contributed by atoms with Gasteiger partial charge in [0.1, 0.15) is 11.6 Å². The average molecular weight is 432 g/mol. The van der Waals surface area contributed by atoms with Crippen molar-refractivity contribution in [2.45, 2.75) is 11.8 Å². The molecule has 0 aliphatic rings. The largest absolute Gasteiger partial charge is 0.494 e. The first-order chi connectivity index (χ1) is 14.2. The molecule has 1 aromatic heterocycles. The molecule has 0 saturated heterocycles. The van der Waals surface area contributed by atoms with Crippen molar-refractivity contribution in [3.05, 3.63) is 70.3 Å². The quantitative estimate of drug-likeness (QED) is 0.336. The van der Waals surface area contributed by atoms with Crippen molar-refractivity contribution in [2.75, 3.05) is 12.3 Å². The number of aromatic nitrogens is 2. The summed E-state index contributed by atoms with van der Waals surface area (Å²) in [4.78, 5) is 22.2. The molecule has 0 aliphatic carbocycles. The minimum absolute atomic E-state index is 0.0168. The first kappa shape index (κ1) is 20.8. The van der Waals surface area contributed by atoms with Gasteiger partial charge in [0.25, 0.3) is 15.7 Å². The van der Waals surface area contributed by atoms with Crippen molar-refractivity contribution >= 4 is 27.5 Å². The number of carbonyl (C=O) groups excluding carboxylic acids is 1. The van der Waals surface area contributed by atoms with E-state index in [1.807, 2.05) is 0 Å². The lowest BCUT2D eigenvalue weighted by Crippen LogP contribution is -2.17. The van der Waals surface area contributed by atoms with E-state index in [0.717, 1.165) is 18.2 Å². The number of anilines is 1. The summed E-state index contributed by atoms with van der Waals surface area (Å²) in [5.74, 6) is -0.989. The number of nitro groups is 1. The number of esters is 1. The van der Waals surface area contributed by atoms with Gasteiger partial charge in [0.2, 0.25) is 5.88 Å². The number of ether oxygens (including phenoxy) is 2. The van der Waals surface area contributed by atoms with Crippen LogP contribution in [0.1, 0.15) is 17.3 Å². The van der Waals surface area contributed by atoms with Crippen molar-refractivity contribution < 1.29 is 27.6 Å². The Morgan fingerprint density at radius 1 is 1.17 bits per heavy atom. The number of nitrogen functional groups attached to an aromatic ring is 1. The van der Waals surface area contributed by atoms with Gasteiger partial charge in [0.05, 0.1) is 22.0 Å². The summed E-state index contributed by atoms with van der Waals surface area (Å²) < 4.78 is 36.4. The first-order valence-electron chi connectivity index (χ1n) is 8.53. The maximum atomic E-state index is 12.8. The van der Waals surface area contributed by atoms with Crippen molar-refractivity contribution in [1.29, 1.82) is 0 Å². The van der Waals surface area contributed by atoms with E-state index in [2.05, 4.69) is 5.10 Å². The molecule has 12 heteroatoms. The standard InChI is InChI=1S/C18H16N4O7S/c1-2-28-14-7-9-15(10-8-14)30(26,27)21-16(19)11-17(20-21)29-18(23)12-3-5-13(6-4-12)22(24)25/h3-11H,2,19H2,1H3. The van der Waals surface area contributed by atoms with Crippen LogP contribution in [0.4, 0.5) is 11.5 Å². The van der Waals surface area contributed by atoms with E-state index in [4.69, 9.17) is 15.2 Å². The van der Waals surface area contributed by atoms with Gasteiger partial charge in [-0.1, -0.05) is 0 Å². The predicted octanol–water partition coefficient (Wildman–Crippen LogP) is 2.23. The number of carbonyl (C=O) groups is 1. The van der Waals surface area contributed by atoms with Crippen LogP contribution in [0.15, 0.2) is 59.5 Å². The number of non-ortho nitro benzene ring substituents is 1. The van der Waals surface area contributed by atoms with Crippen LogP contribution in [0.3, 0.4) is 0 Å². The number of hydrogen-bond donors (Lipinski definition) is 1. The number of nitro benzene ring substituents is 1. The molecule has 2 N–H and O–H groups in total. The van der Waals surface area contributed by atoms with Gasteiger partial charge in [-0.05, 0) is 43.3 Å². The maximum absolute atomic E-state index is 12.8. The molecule has 0 radical (unpaired) electrons. The number of nitrogens with two attached hydrogens (primary N) is 1. The molecule has 3 rings (SSSR count). The Bertz CT molecular complexity index is 1190. The summed E-state index contributed by atoms with van der Waals surface area (Å²) in [6.45, 7) is 2.23. The Balaban J connectivity index is 1.81. The lowest BCUT2D eigenvalue weighted by Gasteiger charge is -2.07. The van der Waals surface area contributed by atoms with Gasteiger partial charge < -0.3 is 15.2 Å². The average Bonchev–Trinajstić information content (AvgIpc) is 3.09. The van der Waals surface area contributed by atoms with Crippen LogP contribution in [0.5, 0.6) is 11.6 Å². The lowest BCUT2D eigenvalue weighted by molar-refractivity contribution is -0.384. The normalized spacial score (nSPS) is 11.1. The van der Waals surface area contributed by atoms with Crippen LogP contribution in [0.25, 0.3) is 0 Å². The molecule has 11 nitrogen and oxygen atoms in total. The molecule has 0 amide bonds. The van der Waals surface area contributed by atoms with E-state index in [-0.39, 0.29) is 27.8 Å². The Labute approximate surface area is 170 Å². The van der Waals surface area contributed by atoms with Gasteiger partial charge in [-0.15, -0.1) is 9.19 Å². The van der Waals surface area contributed by atoms with Crippen LogP contribution in [0.2, 0.25) is 0 Å². The van der Waals surface area contributed by atoms with Gasteiger partial charge in [0, 0.05) is 18.2 Å². The smallest absolute Gasteiger partial charge is 0.344 e. The highest BCUT2D eigenvalue weighted by Gasteiger charge is 2.23. The zero-order chi connectivity index (χ0) is 21.9. The molecule has 0 saturated carbocycles. The second-order valence-electron chi connectivity index (χ2n) is 5.85. The van der Waals surface area contributed by atoms with Crippen LogP contribution < -0.4 is 15.2 Å². The molecule has 156 valence electrons. The van der Waals surface area contributed by atoms with Crippen LogP contribution >= 0.6 is 0 Å². The topological polar surface area (TPSA) is 157 Å². The first-order valence-corrected chi connectivity index (χ1v) is 9.97. The summed E-state index contributed by atoms with van der Waals surface area (Å²) in [6, 6.07) is 11.4. The highest BCUT2D eigenvalue weighted by Crippen LogP contribution is 2.23. The minimum atomic E-state index is -4.14. The van der Waals surface area contributed by atoms with Crippen LogP contribution in [-0.2, 0) is 10.0 Å². The third-order valence-corrected chi connectivity index (χ3v) is 5.47. The second kappa shape index (κ2) is 8.21. The fourth-order valence-corrected chi connectivity index (χ4v) is 3.65. The van der Waals surface area contributed by atoms with Crippen molar-refractivity contribution in [2.24, 2.45) is 0 Å². The van der Waals surface area contributed by atoms with E-state index in [1.54, 1.807) is 6.92 Å². The monoisotopic (exact) mass is 432 g/mol. The Morgan fingerprint density at radius 2 is 1.80 bits per heavy atom. The van der Waals surface area contributed by atoms with Crippen molar-refractivity contribution in [3.8, 4) is 11.6 Å². The summed E-state index contributed by atoms with van der Waals surface area (Å²) in [7, 11) is -4.14. The number of rotatable bonds is 7. The van der Waals surface area contributed by atoms with E-state index < -0.39 is 20.9 Å². The molecular weight excluding hydrogens is 416 g/mol. The summed E-state index contributed by atoms with van der Waals surface area (Å²) >= 11 is 0. The predicted molar refractivity (Wildman–Crippen MR) is 105 cm³/mol. The summed E-state index contributed by atoms with van der Waals surface area (Å²) in [5.41, 5.74) is 5.56. The molecule has 30 heavy (non-hydrogen) atoms. The third kappa shape index (κ3) is 4.22. The van der Waals surface area contributed by atoms with Gasteiger partial charge in [-0.2, -0.15) is 8.42 Å². The minimum Gasteiger partial charge on any atom is -0.494 e. The van der Waals surface area contributed by atoms with Crippen LogP contribution in [-0.4, -0.2) is 35.1 Å². The van der Waals surface area contributed by atoms with Crippen LogP contribution in [0, 0.1) is 10.1 Å². The molecule has 0 bridgehead atoms. The molecule has 2 aromatic carbocycles. The SMILES string of the molecule is CCOc1ccc(S(=O)(=O)n2nc(OC(=O)c3ccc([N+](=O)[O-])cc3)cc2N)cc1.